The maximum absolute atomic E-state index is 11.9. The van der Waals surface area contributed by atoms with Crippen molar-refractivity contribution in [3.8, 4) is 0 Å². The zero-order valence-corrected chi connectivity index (χ0v) is 11.9. The Morgan fingerprint density at radius 3 is 2.79 bits per heavy atom. The fraction of sp³-hybridized carbons (Fsp3) is 0.692. The zero-order valence-electron chi connectivity index (χ0n) is 11.1. The third kappa shape index (κ3) is 3.48. The Balaban J connectivity index is 2.09. The van der Waals surface area contributed by atoms with Gasteiger partial charge in [0.2, 0.25) is 0 Å². The molecule has 1 heterocycles. The summed E-state index contributed by atoms with van der Waals surface area (Å²) >= 11 is 6.06. The molecule has 0 aliphatic heterocycles. The number of anilines is 1. The van der Waals surface area contributed by atoms with Gasteiger partial charge in [-0.3, -0.25) is 4.79 Å². The van der Waals surface area contributed by atoms with Gasteiger partial charge < -0.3 is 10.4 Å². The highest BCUT2D eigenvalue weighted by atomic mass is 35.5. The summed E-state index contributed by atoms with van der Waals surface area (Å²) < 4.78 is 1.18. The topological polar surface area (TPSA) is 67.2 Å². The molecule has 2 N–H and O–H groups in total. The summed E-state index contributed by atoms with van der Waals surface area (Å²) in [6.07, 6.45) is 6.15. The van der Waals surface area contributed by atoms with Crippen molar-refractivity contribution in [2.75, 3.05) is 11.9 Å². The summed E-state index contributed by atoms with van der Waals surface area (Å²) in [5, 5.41) is 16.3. The molecule has 0 spiro atoms. The van der Waals surface area contributed by atoms with Crippen molar-refractivity contribution in [3.63, 3.8) is 0 Å². The van der Waals surface area contributed by atoms with Gasteiger partial charge >= 0.3 is 0 Å². The Hall–Kier alpha value is -1.07. The molecule has 1 aromatic rings. The molecule has 1 aliphatic carbocycles. The second-order valence-corrected chi connectivity index (χ2v) is 5.60. The largest absolute Gasteiger partial charge is 0.394 e. The van der Waals surface area contributed by atoms with Crippen LogP contribution >= 0.6 is 11.6 Å². The number of hydrogen-bond donors (Lipinski definition) is 2. The van der Waals surface area contributed by atoms with Gasteiger partial charge in [-0.2, -0.15) is 5.10 Å². The Bertz CT molecular complexity index is 481. The smallest absolute Gasteiger partial charge is 0.287 e. The van der Waals surface area contributed by atoms with Crippen molar-refractivity contribution in [3.05, 3.63) is 21.6 Å². The molecule has 0 bridgehead atoms. The lowest BCUT2D eigenvalue weighted by Gasteiger charge is -2.27. The maximum Gasteiger partial charge on any atom is 0.287 e. The SMILES string of the molecule is CC1CCC(Nc2cnn(CCO)c(=O)c2Cl)CC1. The number of nitrogens with zero attached hydrogens (tertiary/aromatic N) is 2. The van der Waals surface area contributed by atoms with Crippen molar-refractivity contribution in [2.45, 2.75) is 45.2 Å². The van der Waals surface area contributed by atoms with E-state index in [9.17, 15) is 4.79 Å². The van der Waals surface area contributed by atoms with Gasteiger partial charge in [-0.1, -0.05) is 18.5 Å². The standard InChI is InChI=1S/C13H20ClN3O2/c1-9-2-4-10(5-3-9)16-11-8-15-17(6-7-18)13(19)12(11)14/h8-10,16,18H,2-7H2,1H3. The van der Waals surface area contributed by atoms with Crippen molar-refractivity contribution < 1.29 is 5.11 Å². The van der Waals surface area contributed by atoms with E-state index in [4.69, 9.17) is 16.7 Å². The predicted octanol–water partition coefficient (Wildman–Crippen LogP) is 1.88. The molecule has 1 aliphatic rings. The second kappa shape index (κ2) is 6.39. The highest BCUT2D eigenvalue weighted by molar-refractivity contribution is 6.32. The number of nitrogens with one attached hydrogen (secondary N) is 1. The highest BCUT2D eigenvalue weighted by Gasteiger charge is 2.19. The summed E-state index contributed by atoms with van der Waals surface area (Å²) in [6.45, 7) is 2.30. The molecule has 6 heteroatoms. The van der Waals surface area contributed by atoms with Crippen molar-refractivity contribution in [1.29, 1.82) is 0 Å². The Labute approximate surface area is 117 Å². The van der Waals surface area contributed by atoms with E-state index in [1.807, 2.05) is 0 Å². The van der Waals surface area contributed by atoms with E-state index in [0.717, 1.165) is 18.8 Å². The van der Waals surface area contributed by atoms with Gasteiger partial charge in [0.25, 0.3) is 5.56 Å². The number of aliphatic hydroxyl groups is 1. The maximum atomic E-state index is 11.9. The third-order valence-corrected chi connectivity index (χ3v) is 4.04. The van der Waals surface area contributed by atoms with Crippen LogP contribution in [0, 0.1) is 5.92 Å². The van der Waals surface area contributed by atoms with Gasteiger partial charge in [-0.05, 0) is 31.6 Å². The number of aromatic nitrogens is 2. The molecule has 19 heavy (non-hydrogen) atoms. The fourth-order valence-electron chi connectivity index (χ4n) is 2.44. The van der Waals surface area contributed by atoms with E-state index >= 15 is 0 Å². The monoisotopic (exact) mass is 285 g/mol. The van der Waals surface area contributed by atoms with Crippen LogP contribution in [0.5, 0.6) is 0 Å². The molecule has 0 radical (unpaired) electrons. The van der Waals surface area contributed by atoms with Gasteiger partial charge in [0.1, 0.15) is 5.02 Å². The molecule has 0 saturated heterocycles. The molecule has 1 aromatic heterocycles. The van der Waals surface area contributed by atoms with Gasteiger partial charge in [0, 0.05) is 6.04 Å². The van der Waals surface area contributed by atoms with Crippen LogP contribution in [0.4, 0.5) is 5.69 Å². The zero-order chi connectivity index (χ0) is 13.8. The average molecular weight is 286 g/mol. The molecule has 5 nitrogen and oxygen atoms in total. The van der Waals surface area contributed by atoms with E-state index in [1.54, 1.807) is 6.20 Å². The number of hydrogen-bond acceptors (Lipinski definition) is 4. The number of aliphatic hydroxyl groups excluding tert-OH is 1. The first-order valence-corrected chi connectivity index (χ1v) is 7.12. The molecule has 0 atom stereocenters. The molecule has 1 saturated carbocycles. The lowest BCUT2D eigenvalue weighted by Crippen LogP contribution is -2.29. The normalized spacial score (nSPS) is 23.3. The van der Waals surface area contributed by atoms with Crippen molar-refractivity contribution in [2.24, 2.45) is 5.92 Å². The minimum absolute atomic E-state index is 0.128. The van der Waals surface area contributed by atoms with E-state index in [2.05, 4.69) is 17.3 Å². The van der Waals surface area contributed by atoms with Crippen LogP contribution < -0.4 is 10.9 Å². The Kier molecular flexibility index (Phi) is 4.82. The molecule has 0 amide bonds. The van der Waals surface area contributed by atoms with E-state index < -0.39 is 0 Å². The summed E-state index contributed by atoms with van der Waals surface area (Å²) in [6, 6.07) is 0.364. The molecular weight excluding hydrogens is 266 g/mol. The first kappa shape index (κ1) is 14.3. The summed E-state index contributed by atoms with van der Waals surface area (Å²) in [5.41, 5.74) is 0.241. The molecular formula is C13H20ClN3O2. The quantitative estimate of drug-likeness (QED) is 0.886. The highest BCUT2D eigenvalue weighted by Crippen LogP contribution is 2.27. The number of rotatable bonds is 4. The lowest BCUT2D eigenvalue weighted by atomic mass is 9.87. The molecule has 2 rings (SSSR count). The van der Waals surface area contributed by atoms with Gasteiger partial charge in [0.15, 0.2) is 0 Å². The molecule has 0 unspecified atom stereocenters. The predicted molar refractivity (Wildman–Crippen MR) is 75.6 cm³/mol. The van der Waals surface area contributed by atoms with Crippen LogP contribution in [0.2, 0.25) is 5.02 Å². The van der Waals surface area contributed by atoms with Crippen LogP contribution in [0.15, 0.2) is 11.0 Å². The Morgan fingerprint density at radius 1 is 1.47 bits per heavy atom. The minimum Gasteiger partial charge on any atom is -0.394 e. The van der Waals surface area contributed by atoms with Crippen molar-refractivity contribution in [1.82, 2.24) is 9.78 Å². The third-order valence-electron chi connectivity index (χ3n) is 3.67. The van der Waals surface area contributed by atoms with Gasteiger partial charge in [-0.25, -0.2) is 4.68 Å². The van der Waals surface area contributed by atoms with E-state index in [-0.39, 0.29) is 23.7 Å². The van der Waals surface area contributed by atoms with Gasteiger partial charge in [-0.15, -0.1) is 0 Å². The van der Waals surface area contributed by atoms with Crippen LogP contribution in [0.25, 0.3) is 0 Å². The summed E-state index contributed by atoms with van der Waals surface area (Å²) in [4.78, 5) is 11.9. The first-order chi connectivity index (χ1) is 9.11. The van der Waals surface area contributed by atoms with E-state index in [1.165, 1.54) is 17.5 Å². The lowest BCUT2D eigenvalue weighted by molar-refractivity contribution is 0.266. The van der Waals surface area contributed by atoms with Crippen LogP contribution in [-0.2, 0) is 6.54 Å². The van der Waals surface area contributed by atoms with Crippen LogP contribution in [0.1, 0.15) is 32.6 Å². The molecule has 0 aromatic carbocycles. The minimum atomic E-state index is -0.357. The molecule has 106 valence electrons. The summed E-state index contributed by atoms with van der Waals surface area (Å²) in [5.74, 6) is 0.782. The Morgan fingerprint density at radius 2 is 2.16 bits per heavy atom. The second-order valence-electron chi connectivity index (χ2n) is 5.23. The average Bonchev–Trinajstić information content (AvgIpc) is 2.41. The summed E-state index contributed by atoms with van der Waals surface area (Å²) in [7, 11) is 0. The first-order valence-electron chi connectivity index (χ1n) is 6.75. The van der Waals surface area contributed by atoms with Crippen LogP contribution in [-0.4, -0.2) is 27.5 Å². The molecule has 1 fully saturated rings. The fourth-order valence-corrected chi connectivity index (χ4v) is 2.64. The number of halogens is 1. The van der Waals surface area contributed by atoms with E-state index in [0.29, 0.717) is 11.7 Å². The van der Waals surface area contributed by atoms with Gasteiger partial charge in [0.05, 0.1) is 25.0 Å². The van der Waals surface area contributed by atoms with Crippen LogP contribution in [0.3, 0.4) is 0 Å². The van der Waals surface area contributed by atoms with Crippen molar-refractivity contribution >= 4 is 17.3 Å².